The number of aliphatic hydroxyl groups excluding tert-OH is 1. The molecule has 0 bridgehead atoms. The third-order valence-electron chi connectivity index (χ3n) is 5.73. The zero-order valence-electron chi connectivity index (χ0n) is 17.6. The number of nitro benzene ring substituents is 1. The lowest BCUT2D eigenvalue weighted by molar-refractivity contribution is -0.384. The summed E-state index contributed by atoms with van der Waals surface area (Å²) in [7, 11) is 0. The molecule has 0 fully saturated rings. The summed E-state index contributed by atoms with van der Waals surface area (Å²) in [6, 6.07) is 16.0. The molecule has 0 aromatic heterocycles. The van der Waals surface area contributed by atoms with E-state index in [-0.39, 0.29) is 23.4 Å². The lowest BCUT2D eigenvalue weighted by Gasteiger charge is -2.38. The highest BCUT2D eigenvalue weighted by atomic mass is 16.6. The second-order valence-corrected chi connectivity index (χ2v) is 7.91. The van der Waals surface area contributed by atoms with Crippen LogP contribution in [0.2, 0.25) is 0 Å². The summed E-state index contributed by atoms with van der Waals surface area (Å²) in [6.07, 6.45) is 4.49. The smallest absolute Gasteiger partial charge is 0.338 e. The number of esters is 1. The van der Waals surface area contributed by atoms with Crippen LogP contribution in [0.1, 0.15) is 49.7 Å². The molecule has 0 saturated carbocycles. The van der Waals surface area contributed by atoms with Crippen molar-refractivity contribution in [3.05, 3.63) is 99.8 Å². The Kier molecular flexibility index (Phi) is 6.90. The number of nitrogens with zero attached hydrogens (tertiary/aromatic N) is 1. The average molecular weight is 421 g/mol. The van der Waals surface area contributed by atoms with E-state index in [1.807, 2.05) is 37.3 Å². The van der Waals surface area contributed by atoms with E-state index < -0.39 is 22.4 Å². The summed E-state index contributed by atoms with van der Waals surface area (Å²) in [4.78, 5) is 23.7. The number of aryl methyl sites for hydroxylation is 1. The fourth-order valence-electron chi connectivity index (χ4n) is 4.24. The van der Waals surface area contributed by atoms with Crippen LogP contribution in [0.5, 0.6) is 0 Å². The van der Waals surface area contributed by atoms with Gasteiger partial charge in [-0.25, -0.2) is 4.79 Å². The predicted octanol–water partition coefficient (Wildman–Crippen LogP) is 5.80. The van der Waals surface area contributed by atoms with Gasteiger partial charge in [0.15, 0.2) is 0 Å². The minimum Gasteiger partial charge on any atom is -0.512 e. The van der Waals surface area contributed by atoms with E-state index in [0.29, 0.717) is 18.4 Å². The van der Waals surface area contributed by atoms with Crippen molar-refractivity contribution < 1.29 is 19.6 Å². The monoisotopic (exact) mass is 421 g/mol. The topological polar surface area (TPSA) is 89.7 Å². The number of hydrogen-bond donors (Lipinski definition) is 1. The number of aliphatic hydroxyl groups is 1. The van der Waals surface area contributed by atoms with E-state index in [9.17, 15) is 20.0 Å². The van der Waals surface area contributed by atoms with Crippen LogP contribution in [-0.2, 0) is 16.0 Å². The summed E-state index contributed by atoms with van der Waals surface area (Å²) in [5, 5.41) is 22.1. The van der Waals surface area contributed by atoms with Crippen LogP contribution in [0.3, 0.4) is 0 Å². The van der Waals surface area contributed by atoms with Crippen molar-refractivity contribution in [1.82, 2.24) is 0 Å². The van der Waals surface area contributed by atoms with Gasteiger partial charge in [0.1, 0.15) is 11.4 Å². The summed E-state index contributed by atoms with van der Waals surface area (Å²) in [6.45, 7) is 5.80. The third-order valence-corrected chi connectivity index (χ3v) is 5.73. The second kappa shape index (κ2) is 9.60. The molecule has 2 aromatic rings. The highest BCUT2D eigenvalue weighted by Crippen LogP contribution is 2.41. The summed E-state index contributed by atoms with van der Waals surface area (Å²) >= 11 is 0. The van der Waals surface area contributed by atoms with Gasteiger partial charge in [-0.05, 0) is 30.4 Å². The van der Waals surface area contributed by atoms with Gasteiger partial charge in [-0.3, -0.25) is 10.1 Å². The quantitative estimate of drug-likeness (QED) is 0.239. The number of rotatable bonds is 9. The maximum atomic E-state index is 13.1. The minimum absolute atomic E-state index is 0.0332. The van der Waals surface area contributed by atoms with Gasteiger partial charge in [0.25, 0.3) is 5.69 Å². The molecule has 0 saturated heterocycles. The van der Waals surface area contributed by atoms with Gasteiger partial charge < -0.3 is 9.84 Å². The fourth-order valence-corrected chi connectivity index (χ4v) is 4.24. The van der Waals surface area contributed by atoms with Crippen LogP contribution < -0.4 is 0 Å². The first-order valence-electron chi connectivity index (χ1n) is 10.5. The minimum atomic E-state index is -0.774. The van der Waals surface area contributed by atoms with E-state index in [1.165, 1.54) is 18.2 Å². The highest BCUT2D eigenvalue weighted by molar-refractivity contribution is 5.92. The zero-order chi connectivity index (χ0) is 22.4. The number of carbonyl (C=O) groups is 1. The molecule has 1 aliphatic rings. The highest BCUT2D eigenvalue weighted by Gasteiger charge is 2.43. The molecule has 0 aliphatic carbocycles. The number of non-ortho nitro benzene ring substituents is 1. The Morgan fingerprint density at radius 3 is 2.58 bits per heavy atom. The molecule has 0 unspecified atom stereocenters. The molecule has 0 spiro atoms. The third kappa shape index (κ3) is 5.02. The first-order valence-corrected chi connectivity index (χ1v) is 10.5. The van der Waals surface area contributed by atoms with Crippen LogP contribution in [0.25, 0.3) is 0 Å². The molecule has 1 N–H and O–H groups in total. The maximum absolute atomic E-state index is 13.1. The Bertz CT molecular complexity index is 998. The summed E-state index contributed by atoms with van der Waals surface area (Å²) < 4.78 is 5.96. The molecule has 1 heterocycles. The van der Waals surface area contributed by atoms with Gasteiger partial charge in [-0.15, -0.1) is 6.58 Å². The molecule has 1 aliphatic heterocycles. The molecule has 6 nitrogen and oxygen atoms in total. The first-order chi connectivity index (χ1) is 14.9. The average Bonchev–Trinajstić information content (AvgIpc) is 2.76. The summed E-state index contributed by atoms with van der Waals surface area (Å²) in [5.74, 6) is -1.32. The molecular weight excluding hydrogens is 394 g/mol. The molecule has 31 heavy (non-hydrogen) atoms. The van der Waals surface area contributed by atoms with E-state index >= 15 is 0 Å². The van der Waals surface area contributed by atoms with Gasteiger partial charge in [0.05, 0.1) is 10.5 Å². The van der Waals surface area contributed by atoms with Crippen molar-refractivity contribution >= 4 is 11.7 Å². The Balaban J connectivity index is 1.90. The van der Waals surface area contributed by atoms with Crippen molar-refractivity contribution in [3.63, 3.8) is 0 Å². The van der Waals surface area contributed by atoms with Gasteiger partial charge in [-0.1, -0.05) is 61.9 Å². The van der Waals surface area contributed by atoms with E-state index in [2.05, 4.69) is 6.58 Å². The molecule has 162 valence electrons. The number of allylic oxidation sites excluding steroid dienone is 1. The van der Waals surface area contributed by atoms with Crippen molar-refractivity contribution in [3.8, 4) is 0 Å². The molecule has 2 atom stereocenters. The Hall–Kier alpha value is -3.41. The van der Waals surface area contributed by atoms with Crippen LogP contribution in [0, 0.1) is 10.1 Å². The number of nitro groups is 1. The standard InChI is InChI=1S/C25H27NO5/c1-3-14-25(15-13-18-9-6-5-7-10-18)17-22(27)23(24(28)31-25)21(4-2)19-11-8-12-20(16-19)26(29)30/h4-12,16,21,27H,2-3,13-15,17H2,1H3/t21-,25-/m1/s1. The van der Waals surface area contributed by atoms with E-state index in [1.54, 1.807) is 12.1 Å². The van der Waals surface area contributed by atoms with Crippen molar-refractivity contribution in [2.75, 3.05) is 0 Å². The van der Waals surface area contributed by atoms with Gasteiger partial charge >= 0.3 is 5.97 Å². The Morgan fingerprint density at radius 2 is 1.97 bits per heavy atom. The molecular formula is C25H27NO5. The van der Waals surface area contributed by atoms with Crippen molar-refractivity contribution in [1.29, 1.82) is 0 Å². The molecule has 6 heteroatoms. The fraction of sp³-hybridized carbons (Fsp3) is 0.320. The van der Waals surface area contributed by atoms with Gasteiger partial charge in [-0.2, -0.15) is 0 Å². The SMILES string of the molecule is C=C[C@@H](C1=C(O)C[C@@](CCC)(CCc2ccccc2)OC1=O)c1cccc([N+](=O)[O-])c1. The van der Waals surface area contributed by atoms with Gasteiger partial charge in [0, 0.05) is 24.5 Å². The zero-order valence-corrected chi connectivity index (χ0v) is 17.6. The normalized spacial score (nSPS) is 19.6. The molecule has 0 radical (unpaired) electrons. The number of ether oxygens (including phenoxy) is 1. The first kappa shape index (κ1) is 22.3. The van der Waals surface area contributed by atoms with Crippen LogP contribution >= 0.6 is 0 Å². The van der Waals surface area contributed by atoms with Crippen molar-refractivity contribution in [2.45, 2.75) is 50.5 Å². The number of hydrogen-bond acceptors (Lipinski definition) is 5. The van der Waals surface area contributed by atoms with E-state index in [0.717, 1.165) is 18.4 Å². The number of benzene rings is 2. The largest absolute Gasteiger partial charge is 0.512 e. The molecule has 3 rings (SSSR count). The molecule has 0 amide bonds. The van der Waals surface area contributed by atoms with E-state index in [4.69, 9.17) is 4.74 Å². The maximum Gasteiger partial charge on any atom is 0.338 e. The second-order valence-electron chi connectivity index (χ2n) is 7.91. The van der Waals surface area contributed by atoms with Crippen molar-refractivity contribution in [2.24, 2.45) is 0 Å². The number of carbonyl (C=O) groups excluding carboxylic acids is 1. The van der Waals surface area contributed by atoms with Gasteiger partial charge in [0.2, 0.25) is 0 Å². The van der Waals surface area contributed by atoms with Crippen LogP contribution in [0.4, 0.5) is 5.69 Å². The summed E-state index contributed by atoms with van der Waals surface area (Å²) in [5.41, 5.74) is 0.890. The number of cyclic esters (lactones) is 1. The predicted molar refractivity (Wildman–Crippen MR) is 119 cm³/mol. The van der Waals surface area contributed by atoms with Crippen LogP contribution in [0.15, 0.2) is 78.6 Å². The van der Waals surface area contributed by atoms with Crippen LogP contribution in [-0.4, -0.2) is 21.6 Å². The Labute approximate surface area is 182 Å². The lowest BCUT2D eigenvalue weighted by atomic mass is 9.80. The molecule has 2 aromatic carbocycles. The lowest BCUT2D eigenvalue weighted by Crippen LogP contribution is -2.41. The Morgan fingerprint density at radius 1 is 1.23 bits per heavy atom.